The lowest BCUT2D eigenvalue weighted by Gasteiger charge is -2.25. The van der Waals surface area contributed by atoms with E-state index in [1.165, 1.54) is 18.3 Å². The number of para-hydroxylation sites is 1. The van der Waals surface area contributed by atoms with E-state index in [0.29, 0.717) is 29.3 Å². The van der Waals surface area contributed by atoms with E-state index in [2.05, 4.69) is 38.7 Å². The van der Waals surface area contributed by atoms with Gasteiger partial charge in [-0.1, -0.05) is 90.5 Å². The van der Waals surface area contributed by atoms with Gasteiger partial charge in [0.2, 0.25) is 10.0 Å². The maximum atomic E-state index is 13.8. The molecule has 0 bridgehead atoms. The molecule has 0 aliphatic rings. The topological polar surface area (TPSA) is 115 Å². The number of carboxylic acid groups (broad SMARTS) is 1. The van der Waals surface area contributed by atoms with Gasteiger partial charge in [0, 0.05) is 41.0 Å². The zero-order valence-corrected chi connectivity index (χ0v) is 30.5. The van der Waals surface area contributed by atoms with Gasteiger partial charge in [-0.3, -0.25) is 0 Å². The number of halogens is 1. The Hall–Kier alpha value is -5.68. The van der Waals surface area contributed by atoms with Crippen LogP contribution in [-0.2, 0) is 22.9 Å². The van der Waals surface area contributed by atoms with Gasteiger partial charge in [-0.25, -0.2) is 22.6 Å². The maximum Gasteiger partial charge on any atom is 0.335 e. The molecule has 53 heavy (non-hydrogen) atoms. The number of carbonyl (C=O) groups is 1. The second kappa shape index (κ2) is 15.5. The minimum Gasteiger partial charge on any atom is -0.493 e. The third kappa shape index (κ3) is 7.61. The standard InChI is InChI=1S/C42H37ClN4O5S/c1-29-40(28-44-47(29)34-15-9-4-10-16-34)53(50,51)45-25-23-39-36(24-26-52-35-20-17-32(18-21-35)42(48)49)37-27-33(43)19-22-38(37)46(39)41(30-11-5-2-6-12-30)31-13-7-3-8-14-31/h2-22,27-28,41,45H,23-26H2,1H3,(H,48,49). The Balaban J connectivity index is 1.28. The number of nitrogens with zero attached hydrogens (tertiary/aromatic N) is 3. The summed E-state index contributed by atoms with van der Waals surface area (Å²) in [6, 6.07) is 41.8. The normalized spacial score (nSPS) is 11.7. The van der Waals surface area contributed by atoms with Crippen LogP contribution in [0.5, 0.6) is 5.75 Å². The van der Waals surface area contributed by atoms with Gasteiger partial charge < -0.3 is 14.4 Å². The van der Waals surface area contributed by atoms with Gasteiger partial charge in [-0.2, -0.15) is 5.10 Å². The van der Waals surface area contributed by atoms with E-state index in [1.54, 1.807) is 23.7 Å². The smallest absolute Gasteiger partial charge is 0.335 e. The number of ether oxygens (including phenoxy) is 1. The minimum absolute atomic E-state index is 0.114. The van der Waals surface area contributed by atoms with Crippen molar-refractivity contribution in [2.75, 3.05) is 13.2 Å². The fraction of sp³-hybridized carbons (Fsp3) is 0.143. The molecule has 0 fully saturated rings. The quantitative estimate of drug-likeness (QED) is 0.116. The first-order valence-electron chi connectivity index (χ1n) is 17.2. The summed E-state index contributed by atoms with van der Waals surface area (Å²) in [5, 5.41) is 15.2. The van der Waals surface area contributed by atoms with Gasteiger partial charge in [0.15, 0.2) is 0 Å². The first-order chi connectivity index (χ1) is 25.7. The van der Waals surface area contributed by atoms with Crippen molar-refractivity contribution < 1.29 is 23.1 Å². The molecule has 7 aromatic rings. The van der Waals surface area contributed by atoms with Crippen LogP contribution in [0.2, 0.25) is 5.02 Å². The first kappa shape index (κ1) is 35.7. The zero-order valence-electron chi connectivity index (χ0n) is 28.9. The summed E-state index contributed by atoms with van der Waals surface area (Å²) in [5.74, 6) is -0.461. The summed E-state index contributed by atoms with van der Waals surface area (Å²) in [4.78, 5) is 11.5. The molecular formula is C42H37ClN4O5S. The first-order valence-corrected chi connectivity index (χ1v) is 19.0. The van der Waals surface area contributed by atoms with Crippen LogP contribution in [0.25, 0.3) is 16.6 Å². The minimum atomic E-state index is -3.93. The summed E-state index contributed by atoms with van der Waals surface area (Å²) >= 11 is 6.64. The fourth-order valence-corrected chi connectivity index (χ4v) is 8.21. The summed E-state index contributed by atoms with van der Waals surface area (Å²) in [5.41, 5.74) is 6.46. The van der Waals surface area contributed by atoms with E-state index in [0.717, 1.165) is 39.0 Å². The second-order valence-electron chi connectivity index (χ2n) is 12.6. The highest BCUT2D eigenvalue weighted by atomic mass is 35.5. The zero-order chi connectivity index (χ0) is 37.0. The molecule has 0 saturated carbocycles. The molecule has 9 nitrogen and oxygen atoms in total. The van der Waals surface area contributed by atoms with E-state index in [4.69, 9.17) is 16.3 Å². The van der Waals surface area contributed by atoms with Gasteiger partial charge in [0.05, 0.1) is 35.8 Å². The third-order valence-corrected chi connectivity index (χ3v) is 11.1. The van der Waals surface area contributed by atoms with Crippen molar-refractivity contribution >= 4 is 38.5 Å². The Morgan fingerprint density at radius 2 is 1.47 bits per heavy atom. The number of nitrogens with one attached hydrogen (secondary N) is 1. The van der Waals surface area contributed by atoms with Gasteiger partial charge in [-0.05, 0) is 78.2 Å². The van der Waals surface area contributed by atoms with E-state index in [1.807, 2.05) is 84.9 Å². The number of aromatic nitrogens is 3. The van der Waals surface area contributed by atoms with Crippen LogP contribution in [0.1, 0.15) is 44.5 Å². The third-order valence-electron chi connectivity index (χ3n) is 9.30. The number of hydrogen-bond donors (Lipinski definition) is 2. The van der Waals surface area contributed by atoms with Crippen LogP contribution in [0, 0.1) is 6.92 Å². The molecule has 0 radical (unpaired) electrons. The maximum absolute atomic E-state index is 13.8. The van der Waals surface area contributed by atoms with Crippen molar-refractivity contribution in [2.24, 2.45) is 0 Å². The van der Waals surface area contributed by atoms with Gasteiger partial charge in [-0.15, -0.1) is 0 Å². The fourth-order valence-electron chi connectivity index (χ4n) is 6.85. The molecule has 268 valence electrons. The van der Waals surface area contributed by atoms with E-state index >= 15 is 0 Å². The van der Waals surface area contributed by atoms with Gasteiger partial charge >= 0.3 is 5.97 Å². The molecule has 0 aliphatic heterocycles. The molecule has 0 amide bonds. The van der Waals surface area contributed by atoms with E-state index < -0.39 is 16.0 Å². The Morgan fingerprint density at radius 1 is 0.849 bits per heavy atom. The number of sulfonamides is 1. The molecule has 2 N–H and O–H groups in total. The average molecular weight is 745 g/mol. The second-order valence-corrected chi connectivity index (χ2v) is 14.8. The summed E-state index contributed by atoms with van der Waals surface area (Å²) in [6.45, 7) is 2.15. The SMILES string of the molecule is Cc1c(S(=O)(=O)NCCc2c(CCOc3ccc(C(=O)O)cc3)c3cc(Cl)ccc3n2C(c2ccccc2)c2ccccc2)cnn1-c1ccccc1. The predicted molar refractivity (Wildman–Crippen MR) is 207 cm³/mol. The molecule has 0 unspecified atom stereocenters. The number of fused-ring (bicyclic) bond motifs is 1. The molecule has 0 atom stereocenters. The van der Waals surface area contributed by atoms with Crippen molar-refractivity contribution in [3.63, 3.8) is 0 Å². The molecule has 11 heteroatoms. The lowest BCUT2D eigenvalue weighted by atomic mass is 9.97. The summed E-state index contributed by atoms with van der Waals surface area (Å²) < 4.78 is 40.5. The van der Waals surface area contributed by atoms with E-state index in [9.17, 15) is 18.3 Å². The largest absolute Gasteiger partial charge is 0.493 e. The molecule has 0 aliphatic carbocycles. The molecule has 5 aromatic carbocycles. The highest BCUT2D eigenvalue weighted by Crippen LogP contribution is 2.38. The number of benzene rings is 5. The Morgan fingerprint density at radius 3 is 2.09 bits per heavy atom. The van der Waals surface area contributed by atoms with Crippen LogP contribution < -0.4 is 9.46 Å². The van der Waals surface area contributed by atoms with Crippen molar-refractivity contribution in [1.29, 1.82) is 0 Å². The molecule has 2 aromatic heterocycles. The average Bonchev–Trinajstić information content (AvgIpc) is 3.71. The van der Waals surface area contributed by atoms with Crippen molar-refractivity contribution in [1.82, 2.24) is 19.1 Å². The van der Waals surface area contributed by atoms with Crippen LogP contribution >= 0.6 is 11.6 Å². The van der Waals surface area contributed by atoms with E-state index in [-0.39, 0.29) is 29.7 Å². The van der Waals surface area contributed by atoms with Crippen LogP contribution in [0.15, 0.2) is 145 Å². The highest BCUT2D eigenvalue weighted by molar-refractivity contribution is 7.89. The van der Waals surface area contributed by atoms with Crippen molar-refractivity contribution in [3.05, 3.63) is 178 Å². The predicted octanol–water partition coefficient (Wildman–Crippen LogP) is 8.27. The Kier molecular flexibility index (Phi) is 10.5. The summed E-state index contributed by atoms with van der Waals surface area (Å²) in [7, 11) is -3.93. The number of hydrogen-bond acceptors (Lipinski definition) is 5. The van der Waals surface area contributed by atoms with Crippen LogP contribution in [0.3, 0.4) is 0 Å². The molecular weight excluding hydrogens is 708 g/mol. The number of carboxylic acids is 1. The molecule has 0 saturated heterocycles. The highest BCUT2D eigenvalue weighted by Gasteiger charge is 2.27. The van der Waals surface area contributed by atoms with Gasteiger partial charge in [0.25, 0.3) is 0 Å². The van der Waals surface area contributed by atoms with Crippen molar-refractivity contribution in [2.45, 2.75) is 30.7 Å². The Bertz CT molecular complexity index is 2430. The monoisotopic (exact) mass is 744 g/mol. The molecule has 2 heterocycles. The van der Waals surface area contributed by atoms with Crippen LogP contribution in [0.4, 0.5) is 0 Å². The lowest BCUT2D eigenvalue weighted by Crippen LogP contribution is -2.28. The summed E-state index contributed by atoms with van der Waals surface area (Å²) in [6.07, 6.45) is 2.22. The van der Waals surface area contributed by atoms with Gasteiger partial charge in [0.1, 0.15) is 10.6 Å². The Labute approximate surface area is 313 Å². The lowest BCUT2D eigenvalue weighted by molar-refractivity contribution is 0.0697. The number of rotatable bonds is 14. The van der Waals surface area contributed by atoms with Crippen molar-refractivity contribution in [3.8, 4) is 11.4 Å². The molecule has 7 rings (SSSR count). The molecule has 0 spiro atoms. The van der Waals surface area contributed by atoms with Crippen LogP contribution in [-0.4, -0.2) is 47.0 Å². The number of aromatic carboxylic acids is 1.